The summed E-state index contributed by atoms with van der Waals surface area (Å²) in [7, 11) is 0. The molecule has 5 heteroatoms. The van der Waals surface area contributed by atoms with E-state index >= 15 is 0 Å². The first kappa shape index (κ1) is 31.1. The number of halogens is 2. The fraction of sp³-hybridized carbons (Fsp3) is 0.923. The molecule has 0 saturated carbocycles. The summed E-state index contributed by atoms with van der Waals surface area (Å²) in [5.41, 5.74) is 0. The third kappa shape index (κ3) is 16.4. The molecule has 4 unspecified atom stereocenters. The molecule has 3 nitrogen and oxygen atoms in total. The van der Waals surface area contributed by atoms with Crippen LogP contribution in [0.3, 0.4) is 0 Å². The van der Waals surface area contributed by atoms with Gasteiger partial charge in [0.1, 0.15) is 0 Å². The van der Waals surface area contributed by atoms with Crippen LogP contribution in [0.15, 0.2) is 0 Å². The van der Waals surface area contributed by atoms with Gasteiger partial charge in [-0.05, 0) is 48.3 Å². The minimum Gasteiger partial charge on any atom is -0.393 e. The van der Waals surface area contributed by atoms with Crippen molar-refractivity contribution < 1.29 is 14.3 Å². The predicted molar refractivity (Wildman–Crippen MR) is 140 cm³/mol. The van der Waals surface area contributed by atoms with E-state index in [-0.39, 0.29) is 23.8 Å². The van der Waals surface area contributed by atoms with Gasteiger partial charge >= 0.3 is 11.9 Å². The monoisotopic (exact) mass is 566 g/mol. The molecular weight excluding hydrogens is 520 g/mol. The first-order valence-corrected chi connectivity index (χ1v) is 14.7. The summed E-state index contributed by atoms with van der Waals surface area (Å²) in [6.07, 6.45) is 9.62. The summed E-state index contributed by atoms with van der Waals surface area (Å²) in [5.74, 6) is 2.17. The molecule has 0 heterocycles. The van der Waals surface area contributed by atoms with Gasteiger partial charge in [-0.3, -0.25) is 9.59 Å². The quantitative estimate of drug-likeness (QED) is 0.0946. The molecule has 0 N–H and O–H groups in total. The number of carbonyl (C=O) groups excluding carboxylic acids is 2. The molecule has 0 aromatic carbocycles. The van der Waals surface area contributed by atoms with Crippen molar-refractivity contribution in [2.45, 2.75) is 106 Å². The Morgan fingerprint density at radius 3 is 1.26 bits per heavy atom. The highest BCUT2D eigenvalue weighted by molar-refractivity contribution is 9.09. The molecule has 0 rings (SSSR count). The molecule has 0 spiro atoms. The van der Waals surface area contributed by atoms with E-state index in [1.165, 1.54) is 25.7 Å². The van der Waals surface area contributed by atoms with Gasteiger partial charge in [-0.2, -0.15) is 0 Å². The Labute approximate surface area is 209 Å². The van der Waals surface area contributed by atoms with Crippen LogP contribution >= 0.6 is 31.9 Å². The number of alkyl halides is 2. The van der Waals surface area contributed by atoms with Crippen LogP contribution in [0.2, 0.25) is 0 Å². The maximum Gasteiger partial charge on any atom is 0.313 e. The maximum absolute atomic E-state index is 12.5. The molecule has 4 atom stereocenters. The van der Waals surface area contributed by atoms with Gasteiger partial charge in [0.2, 0.25) is 0 Å². The second-order valence-corrected chi connectivity index (χ2v) is 11.9. The maximum atomic E-state index is 12.5. The Balaban J connectivity index is 4.63. The largest absolute Gasteiger partial charge is 0.393 e. The second kappa shape index (κ2) is 18.5. The molecule has 0 amide bonds. The molecule has 0 radical (unpaired) electrons. The van der Waals surface area contributed by atoms with E-state index in [4.69, 9.17) is 4.74 Å². The van der Waals surface area contributed by atoms with Crippen LogP contribution in [-0.4, -0.2) is 22.6 Å². The van der Waals surface area contributed by atoms with Crippen molar-refractivity contribution in [3.8, 4) is 0 Å². The molecule has 0 saturated heterocycles. The second-order valence-electron chi connectivity index (χ2n) is 10.3. The zero-order valence-electron chi connectivity index (χ0n) is 20.9. The number of ether oxygens (including phenoxy) is 1. The zero-order valence-corrected chi connectivity index (χ0v) is 24.1. The predicted octanol–water partition coefficient (Wildman–Crippen LogP) is 8.56. The minimum atomic E-state index is -0.350. The molecule has 184 valence electrons. The average Bonchev–Trinajstić information content (AvgIpc) is 2.66. The summed E-state index contributed by atoms with van der Waals surface area (Å²) in [4.78, 5) is 25.0. The van der Waals surface area contributed by atoms with Gasteiger partial charge < -0.3 is 4.74 Å². The zero-order chi connectivity index (χ0) is 23.8. The van der Waals surface area contributed by atoms with Gasteiger partial charge in [0.15, 0.2) is 0 Å². The molecule has 0 aromatic rings. The highest BCUT2D eigenvalue weighted by atomic mass is 79.9. The van der Waals surface area contributed by atoms with Gasteiger partial charge in [0, 0.05) is 23.5 Å². The summed E-state index contributed by atoms with van der Waals surface area (Å²) in [6, 6.07) is 0. The van der Waals surface area contributed by atoms with E-state index in [9.17, 15) is 9.59 Å². The average molecular weight is 568 g/mol. The molecule has 0 aliphatic rings. The van der Waals surface area contributed by atoms with Gasteiger partial charge in [0.05, 0.1) is 0 Å². The number of hydrogen-bond donors (Lipinski definition) is 0. The van der Waals surface area contributed by atoms with Crippen molar-refractivity contribution in [3.05, 3.63) is 0 Å². The van der Waals surface area contributed by atoms with Crippen LogP contribution in [0.4, 0.5) is 0 Å². The van der Waals surface area contributed by atoms with E-state index in [2.05, 4.69) is 73.4 Å². The number of carbonyl (C=O) groups is 2. The molecule has 0 aromatic heterocycles. The Morgan fingerprint density at radius 2 is 0.968 bits per heavy atom. The van der Waals surface area contributed by atoms with E-state index in [0.717, 1.165) is 36.3 Å². The van der Waals surface area contributed by atoms with Crippen LogP contribution in [0, 0.1) is 35.5 Å². The summed E-state index contributed by atoms with van der Waals surface area (Å²) < 4.78 is 5.28. The van der Waals surface area contributed by atoms with Gasteiger partial charge in [0.25, 0.3) is 0 Å². The standard InChI is InChI=1S/C26H48Br2O3/c1-19(2)9-7-11-21(5)23(13-15-27)17-25(29)31-26(30)18-24(14-16-28)22(6)12-8-10-20(3)4/h19-24H,7-18H2,1-6H3. The topological polar surface area (TPSA) is 43.4 Å². The summed E-state index contributed by atoms with van der Waals surface area (Å²) in [5, 5.41) is 1.74. The Bertz CT molecular complexity index is 437. The molecule has 31 heavy (non-hydrogen) atoms. The summed E-state index contributed by atoms with van der Waals surface area (Å²) in [6.45, 7) is 13.5. The lowest BCUT2D eigenvalue weighted by Crippen LogP contribution is -2.24. The highest BCUT2D eigenvalue weighted by Gasteiger charge is 2.25. The van der Waals surface area contributed by atoms with Gasteiger partial charge in [-0.1, -0.05) is 112 Å². The smallest absolute Gasteiger partial charge is 0.313 e. The first-order chi connectivity index (χ1) is 14.6. The van der Waals surface area contributed by atoms with Crippen LogP contribution in [0.1, 0.15) is 106 Å². The Morgan fingerprint density at radius 1 is 0.613 bits per heavy atom. The fourth-order valence-corrected chi connectivity index (χ4v) is 5.44. The fourth-order valence-electron chi connectivity index (χ4n) is 4.26. The first-order valence-electron chi connectivity index (χ1n) is 12.5. The molecule has 0 bridgehead atoms. The van der Waals surface area contributed by atoms with Crippen molar-refractivity contribution in [2.24, 2.45) is 35.5 Å². The normalized spacial score (nSPS) is 15.7. The van der Waals surface area contributed by atoms with Crippen molar-refractivity contribution in [1.29, 1.82) is 0 Å². The van der Waals surface area contributed by atoms with E-state index in [0.29, 0.717) is 36.5 Å². The highest BCUT2D eigenvalue weighted by Crippen LogP contribution is 2.28. The molecular formula is C26H48Br2O3. The van der Waals surface area contributed by atoms with E-state index in [1.807, 2.05) is 0 Å². The number of esters is 2. The van der Waals surface area contributed by atoms with E-state index < -0.39 is 0 Å². The molecule has 0 aliphatic heterocycles. The van der Waals surface area contributed by atoms with Crippen molar-refractivity contribution in [2.75, 3.05) is 10.7 Å². The van der Waals surface area contributed by atoms with Crippen LogP contribution in [0.5, 0.6) is 0 Å². The van der Waals surface area contributed by atoms with Gasteiger partial charge in [-0.15, -0.1) is 0 Å². The summed E-state index contributed by atoms with van der Waals surface area (Å²) >= 11 is 7.04. The lowest BCUT2D eigenvalue weighted by Gasteiger charge is -2.24. The SMILES string of the molecule is CC(C)CCCC(C)C(CCBr)CC(=O)OC(=O)CC(CCBr)C(C)CCCC(C)C. The van der Waals surface area contributed by atoms with Crippen LogP contribution < -0.4 is 0 Å². The van der Waals surface area contributed by atoms with Crippen molar-refractivity contribution in [3.63, 3.8) is 0 Å². The minimum absolute atomic E-state index is 0.264. The molecule has 0 fully saturated rings. The molecule has 0 aliphatic carbocycles. The van der Waals surface area contributed by atoms with Crippen LogP contribution in [-0.2, 0) is 14.3 Å². The lowest BCUT2D eigenvalue weighted by atomic mass is 9.84. The third-order valence-electron chi connectivity index (χ3n) is 6.54. The van der Waals surface area contributed by atoms with E-state index in [1.54, 1.807) is 0 Å². The number of rotatable bonds is 18. The third-order valence-corrected chi connectivity index (χ3v) is 7.45. The van der Waals surface area contributed by atoms with Crippen LogP contribution in [0.25, 0.3) is 0 Å². The van der Waals surface area contributed by atoms with Crippen molar-refractivity contribution >= 4 is 43.8 Å². The van der Waals surface area contributed by atoms with Crippen molar-refractivity contribution in [1.82, 2.24) is 0 Å². The van der Waals surface area contributed by atoms with Gasteiger partial charge in [-0.25, -0.2) is 0 Å². The Hall–Kier alpha value is 0.1000. The lowest BCUT2D eigenvalue weighted by molar-refractivity contribution is -0.161. The number of hydrogen-bond acceptors (Lipinski definition) is 3. The Kier molecular flexibility index (Phi) is 18.6.